The van der Waals surface area contributed by atoms with Crippen LogP contribution in [0.2, 0.25) is 0 Å². The topological polar surface area (TPSA) is 83.2 Å². The smallest absolute Gasteiger partial charge is 0.316 e. The summed E-state index contributed by atoms with van der Waals surface area (Å²) in [5.74, 6) is 0.491. The summed E-state index contributed by atoms with van der Waals surface area (Å²) >= 11 is 0. The molecule has 25 heavy (non-hydrogen) atoms. The highest BCUT2D eigenvalue weighted by molar-refractivity contribution is 5.48. The molecular formula is C17H17F2N5O. The largest absolute Gasteiger partial charge is 0.457 e. The Morgan fingerprint density at radius 1 is 1.40 bits per heavy atom. The van der Waals surface area contributed by atoms with E-state index in [1.54, 1.807) is 12.3 Å². The third-order valence-corrected chi connectivity index (χ3v) is 3.69. The number of benzene rings is 1. The summed E-state index contributed by atoms with van der Waals surface area (Å²) < 4.78 is 30.8. The van der Waals surface area contributed by atoms with Crippen LogP contribution in [0, 0.1) is 5.53 Å². The number of nitrogens with one attached hydrogen (secondary N) is 2. The lowest BCUT2D eigenvalue weighted by atomic mass is 10.2. The van der Waals surface area contributed by atoms with Crippen molar-refractivity contribution in [1.29, 1.82) is 5.53 Å². The Morgan fingerprint density at radius 3 is 2.96 bits per heavy atom. The minimum Gasteiger partial charge on any atom is -0.457 e. The van der Waals surface area contributed by atoms with Gasteiger partial charge in [-0.1, -0.05) is 12.1 Å². The quantitative estimate of drug-likeness (QED) is 0.682. The third kappa shape index (κ3) is 4.79. The number of nitrogens with zero attached hydrogens (tertiary/aromatic N) is 3. The highest BCUT2D eigenvalue weighted by atomic mass is 19.3. The van der Waals surface area contributed by atoms with Crippen LogP contribution in [0.15, 0.2) is 53.5 Å². The lowest BCUT2D eigenvalue weighted by Crippen LogP contribution is -2.05. The van der Waals surface area contributed by atoms with E-state index in [4.69, 9.17) is 10.3 Å². The second-order valence-electron chi connectivity index (χ2n) is 5.65. The molecule has 0 radical (unpaired) electrons. The molecule has 1 aromatic heterocycles. The van der Waals surface area contributed by atoms with Crippen molar-refractivity contribution >= 4 is 5.69 Å². The van der Waals surface area contributed by atoms with Gasteiger partial charge in [0.05, 0.1) is 5.69 Å². The van der Waals surface area contributed by atoms with Crippen molar-refractivity contribution in [3.8, 4) is 6.01 Å². The fraction of sp³-hybridized carbons (Fsp3) is 0.294. The zero-order valence-corrected chi connectivity index (χ0v) is 13.3. The maximum atomic E-state index is 12.7. The molecule has 2 N–H and O–H groups in total. The van der Waals surface area contributed by atoms with E-state index in [1.807, 2.05) is 6.07 Å². The molecule has 130 valence electrons. The van der Waals surface area contributed by atoms with E-state index >= 15 is 0 Å². The normalized spacial score (nSPS) is 14.4. The van der Waals surface area contributed by atoms with Crippen LogP contribution in [-0.2, 0) is 0 Å². The Hall–Kier alpha value is -2.90. The van der Waals surface area contributed by atoms with E-state index in [0.717, 1.165) is 18.5 Å². The van der Waals surface area contributed by atoms with Crippen molar-refractivity contribution in [3.63, 3.8) is 0 Å². The van der Waals surface area contributed by atoms with Gasteiger partial charge in [-0.25, -0.2) is 19.3 Å². The molecule has 1 aliphatic rings. The summed E-state index contributed by atoms with van der Waals surface area (Å²) in [4.78, 5) is 8.36. The maximum absolute atomic E-state index is 12.7. The first-order chi connectivity index (χ1) is 12.2. The predicted molar refractivity (Wildman–Crippen MR) is 87.8 cm³/mol. The van der Waals surface area contributed by atoms with Gasteiger partial charge in [0.2, 0.25) is 0 Å². The van der Waals surface area contributed by atoms with Gasteiger partial charge in [0.1, 0.15) is 12.3 Å². The maximum Gasteiger partial charge on any atom is 0.316 e. The Balaban J connectivity index is 1.60. The lowest BCUT2D eigenvalue weighted by Gasteiger charge is -2.07. The van der Waals surface area contributed by atoms with E-state index in [1.165, 1.54) is 24.4 Å². The molecule has 0 atom stereocenters. The van der Waals surface area contributed by atoms with Crippen LogP contribution in [0.1, 0.15) is 36.4 Å². The van der Waals surface area contributed by atoms with Crippen molar-refractivity contribution in [1.82, 2.24) is 9.97 Å². The number of alkyl halides is 2. The van der Waals surface area contributed by atoms with Crippen molar-refractivity contribution in [2.24, 2.45) is 5.11 Å². The summed E-state index contributed by atoms with van der Waals surface area (Å²) in [7, 11) is 0. The Bertz CT molecular complexity index is 777. The molecule has 1 aromatic carbocycles. The first-order valence-corrected chi connectivity index (χ1v) is 7.82. The first kappa shape index (κ1) is 16.9. The van der Waals surface area contributed by atoms with Crippen LogP contribution >= 0.6 is 0 Å². The van der Waals surface area contributed by atoms with Gasteiger partial charge < -0.3 is 10.1 Å². The number of hydrogen-bond donors (Lipinski definition) is 2. The predicted octanol–water partition coefficient (Wildman–Crippen LogP) is 4.65. The van der Waals surface area contributed by atoms with Crippen molar-refractivity contribution < 1.29 is 13.5 Å². The minimum atomic E-state index is -2.54. The van der Waals surface area contributed by atoms with E-state index in [-0.39, 0.29) is 23.9 Å². The molecule has 0 aliphatic heterocycles. The van der Waals surface area contributed by atoms with Crippen molar-refractivity contribution in [2.45, 2.75) is 25.2 Å². The van der Waals surface area contributed by atoms with Gasteiger partial charge in [-0.3, -0.25) is 0 Å². The summed E-state index contributed by atoms with van der Waals surface area (Å²) in [5, 5.41) is 6.20. The lowest BCUT2D eigenvalue weighted by molar-refractivity contribution is 0.151. The van der Waals surface area contributed by atoms with Gasteiger partial charge in [-0.05, 0) is 31.0 Å². The van der Waals surface area contributed by atoms with Gasteiger partial charge in [0, 0.05) is 29.6 Å². The van der Waals surface area contributed by atoms with Crippen LogP contribution in [0.25, 0.3) is 0 Å². The summed E-state index contributed by atoms with van der Waals surface area (Å²) in [5.41, 5.74) is 8.84. The highest BCUT2D eigenvalue weighted by Crippen LogP contribution is 2.39. The number of rotatable bonds is 8. The number of halogens is 2. The van der Waals surface area contributed by atoms with Crippen LogP contribution in [0.5, 0.6) is 6.01 Å². The first-order valence-electron chi connectivity index (χ1n) is 7.82. The molecule has 0 saturated heterocycles. The summed E-state index contributed by atoms with van der Waals surface area (Å²) in [6.07, 6.45) is 2.80. The molecule has 1 fully saturated rings. The average molecular weight is 345 g/mol. The van der Waals surface area contributed by atoms with Gasteiger partial charge >= 0.3 is 6.01 Å². The molecular weight excluding hydrogens is 328 g/mol. The van der Waals surface area contributed by atoms with Gasteiger partial charge in [-0.2, -0.15) is 10.1 Å². The molecule has 0 amide bonds. The molecule has 6 nitrogen and oxygen atoms in total. The summed E-state index contributed by atoms with van der Waals surface area (Å²) in [6, 6.07) is 7.97. The average Bonchev–Trinajstić information content (AvgIpc) is 3.47. The molecule has 1 saturated carbocycles. The van der Waals surface area contributed by atoms with Crippen molar-refractivity contribution in [2.75, 3.05) is 11.9 Å². The number of anilines is 1. The molecule has 3 rings (SSSR count). The standard InChI is InChI=1S/C17H17F2N5O/c18-16(19)12-2-1-3-13(8-12)22-9-14(24-20)10-25-17-21-7-6-15(23-17)11-4-5-11/h1-3,6-9,11,16,20,22H,4-5,10H2/b14-9-,24-20?. The Kier molecular flexibility index (Phi) is 5.27. The molecule has 0 bridgehead atoms. The molecule has 1 aliphatic carbocycles. The van der Waals surface area contributed by atoms with Gasteiger partial charge in [0.15, 0.2) is 0 Å². The van der Waals surface area contributed by atoms with E-state index in [2.05, 4.69) is 20.4 Å². The third-order valence-electron chi connectivity index (χ3n) is 3.69. The van der Waals surface area contributed by atoms with Crippen LogP contribution in [-0.4, -0.2) is 16.6 Å². The van der Waals surface area contributed by atoms with E-state index in [0.29, 0.717) is 11.6 Å². The van der Waals surface area contributed by atoms with Gasteiger partial charge in [-0.15, -0.1) is 0 Å². The van der Waals surface area contributed by atoms with Crippen LogP contribution in [0.3, 0.4) is 0 Å². The fourth-order valence-corrected chi connectivity index (χ4v) is 2.21. The summed E-state index contributed by atoms with van der Waals surface area (Å²) in [6.45, 7) is -0.000835. The zero-order chi connectivity index (χ0) is 17.6. The van der Waals surface area contributed by atoms with Crippen LogP contribution in [0.4, 0.5) is 14.5 Å². The highest BCUT2D eigenvalue weighted by Gasteiger charge is 2.25. The van der Waals surface area contributed by atoms with Crippen LogP contribution < -0.4 is 10.1 Å². The van der Waals surface area contributed by atoms with E-state index < -0.39 is 6.43 Å². The monoisotopic (exact) mass is 345 g/mol. The Labute approximate surface area is 143 Å². The molecule has 0 unspecified atom stereocenters. The molecule has 0 spiro atoms. The van der Waals surface area contributed by atoms with Gasteiger partial charge in [0.25, 0.3) is 6.43 Å². The van der Waals surface area contributed by atoms with Crippen molar-refractivity contribution in [3.05, 3.63) is 59.7 Å². The minimum absolute atomic E-state index is 0.000835. The molecule has 1 heterocycles. The number of ether oxygens (including phenoxy) is 1. The number of aromatic nitrogens is 2. The van der Waals surface area contributed by atoms with E-state index in [9.17, 15) is 8.78 Å². The SMILES string of the molecule is N=N/C(=C\Nc1cccc(C(F)F)c1)COc1nccc(C2CC2)n1. The molecule has 8 heteroatoms. The molecule has 2 aromatic rings. The fourth-order valence-electron chi connectivity index (χ4n) is 2.21. The Morgan fingerprint density at radius 2 is 2.24 bits per heavy atom. The zero-order valence-electron chi connectivity index (χ0n) is 13.3. The number of hydrogen-bond acceptors (Lipinski definition) is 6. The second-order valence-corrected chi connectivity index (χ2v) is 5.65. The second kappa shape index (κ2) is 7.78.